The number of rotatable bonds is 6. The Morgan fingerprint density at radius 3 is 2.17 bits per heavy atom. The molecule has 29 heavy (non-hydrogen) atoms. The third-order valence-electron chi connectivity index (χ3n) is 5.52. The van der Waals surface area contributed by atoms with Crippen molar-refractivity contribution in [3.05, 3.63) is 47.5 Å². The number of hydrogen-bond donors (Lipinski definition) is 1. The van der Waals surface area contributed by atoms with Crippen molar-refractivity contribution in [2.24, 2.45) is 0 Å². The molecule has 2 aromatic rings. The van der Waals surface area contributed by atoms with Gasteiger partial charge in [-0.1, -0.05) is 32.0 Å². The minimum absolute atomic E-state index is 0.0298. The van der Waals surface area contributed by atoms with E-state index in [1.807, 2.05) is 23.1 Å². The molecule has 2 aromatic carbocycles. The van der Waals surface area contributed by atoms with Gasteiger partial charge in [0.15, 0.2) is 0 Å². The fourth-order valence-corrected chi connectivity index (χ4v) is 3.78. The van der Waals surface area contributed by atoms with Gasteiger partial charge in [-0.3, -0.25) is 0 Å². The van der Waals surface area contributed by atoms with Crippen molar-refractivity contribution in [3.8, 4) is 11.5 Å². The summed E-state index contributed by atoms with van der Waals surface area (Å²) in [7, 11) is 3.33. The Morgan fingerprint density at radius 1 is 0.966 bits per heavy atom. The van der Waals surface area contributed by atoms with E-state index in [1.165, 1.54) is 11.1 Å². The summed E-state index contributed by atoms with van der Waals surface area (Å²) in [4.78, 5) is 17.0. The van der Waals surface area contributed by atoms with Crippen LogP contribution in [0.1, 0.15) is 25.0 Å². The average Bonchev–Trinajstić information content (AvgIpc) is 2.78. The van der Waals surface area contributed by atoms with Crippen molar-refractivity contribution in [1.82, 2.24) is 4.90 Å². The lowest BCUT2D eigenvalue weighted by Crippen LogP contribution is -2.50. The standard InChI is InChI=1S/C23H31N3O3/c1-5-17-8-7-9-18(6-2)22(17)24-23(27)26-14-12-25(13-15-26)20-16-19(28-3)10-11-21(20)29-4/h7-11,16H,5-6,12-15H2,1-4H3,(H,24,27). The molecular formula is C23H31N3O3. The Labute approximate surface area is 173 Å². The first kappa shape index (κ1) is 20.8. The third kappa shape index (κ3) is 4.58. The molecule has 1 N–H and O–H groups in total. The Hall–Kier alpha value is -2.89. The van der Waals surface area contributed by atoms with Gasteiger partial charge >= 0.3 is 6.03 Å². The molecule has 6 heteroatoms. The van der Waals surface area contributed by atoms with Gasteiger partial charge in [0, 0.05) is 37.9 Å². The largest absolute Gasteiger partial charge is 0.497 e. The van der Waals surface area contributed by atoms with Gasteiger partial charge in [-0.25, -0.2) is 4.79 Å². The topological polar surface area (TPSA) is 54.0 Å². The van der Waals surface area contributed by atoms with Gasteiger partial charge in [-0.2, -0.15) is 0 Å². The summed E-state index contributed by atoms with van der Waals surface area (Å²) in [5.74, 6) is 1.61. The number of para-hydroxylation sites is 1. The highest BCUT2D eigenvalue weighted by Crippen LogP contribution is 2.33. The predicted octanol–water partition coefficient (Wildman–Crippen LogP) is 4.18. The zero-order chi connectivity index (χ0) is 20.8. The number of amides is 2. The first-order valence-electron chi connectivity index (χ1n) is 10.2. The molecule has 6 nitrogen and oxygen atoms in total. The molecule has 0 aliphatic carbocycles. The molecule has 0 spiro atoms. The number of anilines is 2. The van der Waals surface area contributed by atoms with Gasteiger partial charge in [-0.15, -0.1) is 0 Å². The van der Waals surface area contributed by atoms with Crippen molar-refractivity contribution in [2.45, 2.75) is 26.7 Å². The maximum atomic E-state index is 12.9. The van der Waals surface area contributed by atoms with Crippen LogP contribution in [0.2, 0.25) is 0 Å². The molecule has 0 radical (unpaired) electrons. The first-order valence-corrected chi connectivity index (χ1v) is 10.2. The molecule has 1 saturated heterocycles. The number of ether oxygens (including phenoxy) is 2. The lowest BCUT2D eigenvalue weighted by Gasteiger charge is -2.36. The first-order chi connectivity index (χ1) is 14.1. The maximum absolute atomic E-state index is 12.9. The smallest absolute Gasteiger partial charge is 0.321 e. The molecule has 0 unspecified atom stereocenters. The van der Waals surface area contributed by atoms with Crippen LogP contribution in [0.4, 0.5) is 16.2 Å². The molecule has 3 rings (SSSR count). The SMILES string of the molecule is CCc1cccc(CC)c1NC(=O)N1CCN(c2cc(OC)ccc2OC)CC1. The summed E-state index contributed by atoms with van der Waals surface area (Å²) in [6.45, 7) is 7.03. The van der Waals surface area contributed by atoms with Gasteiger partial charge in [0.05, 0.1) is 19.9 Å². The summed E-state index contributed by atoms with van der Waals surface area (Å²) < 4.78 is 10.9. The normalized spacial score (nSPS) is 13.9. The summed E-state index contributed by atoms with van der Waals surface area (Å²) >= 11 is 0. The van der Waals surface area contributed by atoms with Gasteiger partial charge in [0.2, 0.25) is 0 Å². The highest BCUT2D eigenvalue weighted by molar-refractivity contribution is 5.91. The second-order valence-corrected chi connectivity index (χ2v) is 7.10. The van der Waals surface area contributed by atoms with E-state index in [2.05, 4.69) is 42.3 Å². The van der Waals surface area contributed by atoms with E-state index >= 15 is 0 Å². The number of carbonyl (C=O) groups excluding carboxylic acids is 1. The average molecular weight is 398 g/mol. The van der Waals surface area contributed by atoms with Crippen molar-refractivity contribution < 1.29 is 14.3 Å². The summed E-state index contributed by atoms with van der Waals surface area (Å²) in [5, 5.41) is 3.17. The molecule has 2 amide bonds. The maximum Gasteiger partial charge on any atom is 0.321 e. The number of methoxy groups -OCH3 is 2. The quantitative estimate of drug-likeness (QED) is 0.794. The number of urea groups is 1. The fourth-order valence-electron chi connectivity index (χ4n) is 3.78. The lowest BCUT2D eigenvalue weighted by atomic mass is 10.0. The minimum Gasteiger partial charge on any atom is -0.497 e. The van der Waals surface area contributed by atoms with E-state index in [1.54, 1.807) is 14.2 Å². The number of aryl methyl sites for hydroxylation is 2. The van der Waals surface area contributed by atoms with Gasteiger partial charge in [-0.05, 0) is 36.1 Å². The van der Waals surface area contributed by atoms with E-state index in [9.17, 15) is 4.79 Å². The Morgan fingerprint density at radius 2 is 1.62 bits per heavy atom. The lowest BCUT2D eigenvalue weighted by molar-refractivity contribution is 0.208. The van der Waals surface area contributed by atoms with Crippen LogP contribution in [-0.2, 0) is 12.8 Å². The fraction of sp³-hybridized carbons (Fsp3) is 0.435. The molecule has 1 aliphatic rings. The summed E-state index contributed by atoms with van der Waals surface area (Å²) in [6, 6.07) is 12.0. The van der Waals surface area contributed by atoms with Crippen molar-refractivity contribution in [3.63, 3.8) is 0 Å². The number of nitrogens with one attached hydrogen (secondary N) is 1. The van der Waals surface area contributed by atoms with Crippen molar-refractivity contribution >= 4 is 17.4 Å². The highest BCUT2D eigenvalue weighted by Gasteiger charge is 2.24. The predicted molar refractivity (Wildman–Crippen MR) is 118 cm³/mol. The molecular weight excluding hydrogens is 366 g/mol. The summed E-state index contributed by atoms with van der Waals surface area (Å²) in [5.41, 5.74) is 4.32. The minimum atomic E-state index is -0.0298. The van der Waals surface area contributed by atoms with Crippen LogP contribution in [0.15, 0.2) is 36.4 Å². The third-order valence-corrected chi connectivity index (χ3v) is 5.52. The monoisotopic (exact) mass is 397 g/mol. The van der Waals surface area contributed by atoms with Crippen molar-refractivity contribution in [1.29, 1.82) is 0 Å². The zero-order valence-electron chi connectivity index (χ0n) is 17.8. The number of nitrogens with zero attached hydrogens (tertiary/aromatic N) is 2. The van der Waals surface area contributed by atoms with Crippen LogP contribution in [-0.4, -0.2) is 51.3 Å². The van der Waals surface area contributed by atoms with E-state index in [4.69, 9.17) is 9.47 Å². The molecule has 1 heterocycles. The van der Waals surface area contributed by atoms with E-state index in [0.29, 0.717) is 13.1 Å². The van der Waals surface area contributed by atoms with E-state index < -0.39 is 0 Å². The zero-order valence-corrected chi connectivity index (χ0v) is 17.8. The van der Waals surface area contributed by atoms with Gasteiger partial charge in [0.25, 0.3) is 0 Å². The highest BCUT2D eigenvalue weighted by atomic mass is 16.5. The van der Waals surface area contributed by atoms with Crippen LogP contribution in [0, 0.1) is 0 Å². The van der Waals surface area contributed by atoms with Crippen LogP contribution in [0.25, 0.3) is 0 Å². The van der Waals surface area contributed by atoms with Crippen LogP contribution in [0.5, 0.6) is 11.5 Å². The Bertz CT molecular complexity index is 823. The number of carbonyl (C=O) groups is 1. The molecule has 0 saturated carbocycles. The van der Waals surface area contributed by atoms with Crippen LogP contribution >= 0.6 is 0 Å². The van der Waals surface area contributed by atoms with Crippen LogP contribution in [0.3, 0.4) is 0 Å². The van der Waals surface area contributed by atoms with E-state index in [-0.39, 0.29) is 6.03 Å². The number of benzene rings is 2. The molecule has 0 aromatic heterocycles. The molecule has 0 bridgehead atoms. The molecule has 1 fully saturated rings. The van der Waals surface area contributed by atoms with E-state index in [0.717, 1.165) is 48.8 Å². The Balaban J connectivity index is 1.68. The molecule has 1 aliphatic heterocycles. The number of hydrogen-bond acceptors (Lipinski definition) is 4. The molecule has 0 atom stereocenters. The molecule has 156 valence electrons. The van der Waals surface area contributed by atoms with Crippen LogP contribution < -0.4 is 19.7 Å². The summed E-state index contributed by atoms with van der Waals surface area (Å²) in [6.07, 6.45) is 1.79. The Kier molecular flexibility index (Phi) is 6.86. The van der Waals surface area contributed by atoms with Gasteiger partial charge < -0.3 is 24.6 Å². The number of piperazine rings is 1. The van der Waals surface area contributed by atoms with Gasteiger partial charge in [0.1, 0.15) is 11.5 Å². The van der Waals surface area contributed by atoms with Crippen molar-refractivity contribution in [2.75, 3.05) is 50.6 Å². The second-order valence-electron chi connectivity index (χ2n) is 7.10. The second kappa shape index (κ2) is 9.54.